The number of ether oxygens (including phenoxy) is 1. The Morgan fingerprint density at radius 2 is 2.12 bits per heavy atom. The van der Waals surface area contributed by atoms with E-state index in [2.05, 4.69) is 6.92 Å². The van der Waals surface area contributed by atoms with Crippen molar-refractivity contribution in [1.82, 2.24) is 9.21 Å². The van der Waals surface area contributed by atoms with Gasteiger partial charge in [-0.05, 0) is 36.8 Å². The third-order valence-corrected chi connectivity index (χ3v) is 6.43. The number of rotatable bonds is 4. The predicted octanol–water partition coefficient (Wildman–Crippen LogP) is 2.03. The second-order valence-corrected chi connectivity index (χ2v) is 9.46. The first-order valence-corrected chi connectivity index (χ1v) is 11.2. The molecule has 144 valence electrons. The molecule has 7 heteroatoms. The number of amides is 1. The van der Waals surface area contributed by atoms with E-state index in [1.54, 1.807) is 0 Å². The standard InChI is InChI=1S/C19H28N2O4S/c1-15-4-3-9-20(13-15)19(22)8-6-16-5-7-18-17(12-16)14-21(10-11-25-18)26(2,23)24/h5,7,12,15H,3-4,6,8-11,13-14H2,1-2H3. The number of nitrogens with zero attached hydrogens (tertiary/aromatic N) is 2. The Morgan fingerprint density at radius 1 is 1.31 bits per heavy atom. The van der Waals surface area contributed by atoms with Crippen molar-refractivity contribution in [2.24, 2.45) is 5.92 Å². The summed E-state index contributed by atoms with van der Waals surface area (Å²) in [5.41, 5.74) is 1.91. The van der Waals surface area contributed by atoms with Crippen LogP contribution in [0.4, 0.5) is 0 Å². The van der Waals surface area contributed by atoms with Crippen molar-refractivity contribution in [3.8, 4) is 5.75 Å². The molecule has 1 aromatic carbocycles. The van der Waals surface area contributed by atoms with E-state index < -0.39 is 10.0 Å². The fourth-order valence-electron chi connectivity index (χ4n) is 3.69. The van der Waals surface area contributed by atoms with Gasteiger partial charge in [-0.15, -0.1) is 0 Å². The van der Waals surface area contributed by atoms with Crippen molar-refractivity contribution in [3.63, 3.8) is 0 Å². The Hall–Kier alpha value is -1.60. The molecule has 0 aliphatic carbocycles. The molecule has 0 radical (unpaired) electrons. The fourth-order valence-corrected chi connectivity index (χ4v) is 4.47. The van der Waals surface area contributed by atoms with E-state index in [4.69, 9.17) is 4.74 Å². The lowest BCUT2D eigenvalue weighted by Crippen LogP contribution is -2.39. The summed E-state index contributed by atoms with van der Waals surface area (Å²) in [7, 11) is -3.26. The molecule has 2 heterocycles. The van der Waals surface area contributed by atoms with Crippen LogP contribution in [0.25, 0.3) is 0 Å². The summed E-state index contributed by atoms with van der Waals surface area (Å²) < 4.78 is 30.9. The van der Waals surface area contributed by atoms with Gasteiger partial charge in [-0.1, -0.05) is 19.1 Å². The number of sulfonamides is 1. The number of fused-ring (bicyclic) bond motifs is 1. The normalized spacial score (nSPS) is 21.6. The van der Waals surface area contributed by atoms with E-state index in [1.165, 1.54) is 17.0 Å². The predicted molar refractivity (Wildman–Crippen MR) is 100 cm³/mol. The second-order valence-electron chi connectivity index (χ2n) is 7.47. The fraction of sp³-hybridized carbons (Fsp3) is 0.632. The molecule has 0 spiro atoms. The lowest BCUT2D eigenvalue weighted by molar-refractivity contribution is -0.132. The Kier molecular flexibility index (Phi) is 5.87. The van der Waals surface area contributed by atoms with Crippen molar-refractivity contribution in [2.75, 3.05) is 32.5 Å². The van der Waals surface area contributed by atoms with Crippen LogP contribution < -0.4 is 4.74 Å². The molecular formula is C19H28N2O4S. The molecule has 6 nitrogen and oxygen atoms in total. The van der Waals surface area contributed by atoms with Gasteiger partial charge in [-0.3, -0.25) is 4.79 Å². The van der Waals surface area contributed by atoms with Crippen molar-refractivity contribution in [2.45, 2.75) is 39.2 Å². The highest BCUT2D eigenvalue weighted by Gasteiger charge is 2.23. The first-order chi connectivity index (χ1) is 12.3. The SMILES string of the molecule is CC1CCCN(C(=O)CCc2ccc3c(c2)CN(S(C)(=O)=O)CCO3)C1. The molecule has 0 aromatic heterocycles. The molecule has 1 atom stereocenters. The van der Waals surface area contributed by atoms with E-state index in [0.29, 0.717) is 38.5 Å². The zero-order chi connectivity index (χ0) is 18.7. The van der Waals surface area contributed by atoms with Crippen LogP contribution in [-0.2, 0) is 27.8 Å². The average molecular weight is 381 g/mol. The van der Waals surface area contributed by atoms with E-state index in [-0.39, 0.29) is 5.91 Å². The van der Waals surface area contributed by atoms with E-state index in [1.807, 2.05) is 23.1 Å². The summed E-state index contributed by atoms with van der Waals surface area (Å²) in [5.74, 6) is 1.52. The molecule has 0 N–H and O–H groups in total. The number of piperidine rings is 1. The summed E-state index contributed by atoms with van der Waals surface area (Å²) in [6.45, 7) is 4.95. The van der Waals surface area contributed by atoms with Crippen molar-refractivity contribution in [1.29, 1.82) is 0 Å². The largest absolute Gasteiger partial charge is 0.492 e. The third-order valence-electron chi connectivity index (χ3n) is 5.18. The Labute approximate surface area is 156 Å². The Morgan fingerprint density at radius 3 is 2.85 bits per heavy atom. The molecule has 1 aromatic rings. The maximum Gasteiger partial charge on any atom is 0.222 e. The quantitative estimate of drug-likeness (QED) is 0.802. The molecule has 26 heavy (non-hydrogen) atoms. The zero-order valence-corrected chi connectivity index (χ0v) is 16.4. The summed E-state index contributed by atoms with van der Waals surface area (Å²) in [6, 6.07) is 5.84. The highest BCUT2D eigenvalue weighted by atomic mass is 32.2. The van der Waals surface area contributed by atoms with Gasteiger partial charge in [0, 0.05) is 38.2 Å². The van der Waals surface area contributed by atoms with E-state index >= 15 is 0 Å². The second kappa shape index (κ2) is 7.96. The van der Waals surface area contributed by atoms with Crippen molar-refractivity contribution in [3.05, 3.63) is 29.3 Å². The van der Waals surface area contributed by atoms with Crippen LogP contribution in [0.15, 0.2) is 18.2 Å². The van der Waals surface area contributed by atoms with Crippen molar-refractivity contribution < 1.29 is 17.9 Å². The number of likely N-dealkylation sites (tertiary alicyclic amines) is 1. The maximum absolute atomic E-state index is 12.5. The van der Waals surface area contributed by atoms with Gasteiger partial charge < -0.3 is 9.64 Å². The first-order valence-electron chi connectivity index (χ1n) is 9.30. The Bertz CT molecular complexity index is 763. The van der Waals surface area contributed by atoms with Crippen LogP contribution >= 0.6 is 0 Å². The summed E-state index contributed by atoms with van der Waals surface area (Å²) in [4.78, 5) is 14.4. The molecule has 0 saturated carbocycles. The van der Waals surface area contributed by atoms with Crippen LogP contribution in [0, 0.1) is 5.92 Å². The number of benzene rings is 1. The highest BCUT2D eigenvalue weighted by molar-refractivity contribution is 7.88. The summed E-state index contributed by atoms with van der Waals surface area (Å²) in [5, 5.41) is 0. The highest BCUT2D eigenvalue weighted by Crippen LogP contribution is 2.26. The minimum absolute atomic E-state index is 0.209. The lowest BCUT2D eigenvalue weighted by Gasteiger charge is -2.31. The number of hydrogen-bond donors (Lipinski definition) is 0. The summed E-state index contributed by atoms with van der Waals surface area (Å²) in [6.07, 6.45) is 4.66. The summed E-state index contributed by atoms with van der Waals surface area (Å²) >= 11 is 0. The zero-order valence-electron chi connectivity index (χ0n) is 15.6. The molecule has 1 saturated heterocycles. The van der Waals surface area contributed by atoms with Gasteiger partial charge in [0.15, 0.2) is 0 Å². The smallest absolute Gasteiger partial charge is 0.222 e. The van der Waals surface area contributed by atoms with Crippen LogP contribution in [0.5, 0.6) is 5.75 Å². The number of carbonyl (C=O) groups is 1. The van der Waals surface area contributed by atoms with Crippen LogP contribution in [0.1, 0.15) is 37.3 Å². The molecule has 2 aliphatic heterocycles. The van der Waals surface area contributed by atoms with Gasteiger partial charge in [0.05, 0.1) is 6.26 Å². The van der Waals surface area contributed by atoms with Crippen LogP contribution in [0.2, 0.25) is 0 Å². The topological polar surface area (TPSA) is 66.9 Å². The monoisotopic (exact) mass is 380 g/mol. The Balaban J connectivity index is 1.65. The lowest BCUT2D eigenvalue weighted by atomic mass is 9.99. The molecular weight excluding hydrogens is 352 g/mol. The number of aryl methyl sites for hydroxylation is 1. The van der Waals surface area contributed by atoms with E-state index in [0.717, 1.165) is 36.4 Å². The maximum atomic E-state index is 12.5. The molecule has 2 aliphatic rings. The molecule has 1 fully saturated rings. The van der Waals surface area contributed by atoms with Crippen LogP contribution in [-0.4, -0.2) is 56.0 Å². The number of carbonyl (C=O) groups excluding carboxylic acids is 1. The molecule has 0 bridgehead atoms. The van der Waals surface area contributed by atoms with Gasteiger partial charge in [0.1, 0.15) is 12.4 Å². The van der Waals surface area contributed by atoms with E-state index in [9.17, 15) is 13.2 Å². The van der Waals surface area contributed by atoms with Gasteiger partial charge in [0.25, 0.3) is 0 Å². The third kappa shape index (κ3) is 4.76. The van der Waals surface area contributed by atoms with Gasteiger partial charge in [-0.25, -0.2) is 8.42 Å². The average Bonchev–Trinajstić information content (AvgIpc) is 2.81. The minimum atomic E-state index is -3.26. The molecule has 1 amide bonds. The van der Waals surface area contributed by atoms with Gasteiger partial charge >= 0.3 is 0 Å². The van der Waals surface area contributed by atoms with Crippen molar-refractivity contribution >= 4 is 15.9 Å². The first kappa shape index (κ1) is 19.2. The van der Waals surface area contributed by atoms with Gasteiger partial charge in [-0.2, -0.15) is 4.31 Å². The van der Waals surface area contributed by atoms with Crippen LogP contribution in [0.3, 0.4) is 0 Å². The molecule has 3 rings (SSSR count). The van der Waals surface area contributed by atoms with Gasteiger partial charge in [0.2, 0.25) is 15.9 Å². The molecule has 1 unspecified atom stereocenters. The number of hydrogen-bond acceptors (Lipinski definition) is 4. The minimum Gasteiger partial charge on any atom is -0.492 e.